The average molecular weight is 334 g/mol. The topological polar surface area (TPSA) is 85.2 Å². The number of halogens is 1. The Morgan fingerprint density at radius 2 is 1.95 bits per heavy atom. The van der Waals surface area contributed by atoms with Crippen LogP contribution in [0.15, 0.2) is 30.3 Å². The molecule has 1 aliphatic rings. The van der Waals surface area contributed by atoms with Crippen LogP contribution in [0.5, 0.6) is 0 Å². The van der Waals surface area contributed by atoms with E-state index < -0.39 is 38.9 Å². The predicted molar refractivity (Wildman–Crippen MR) is 77.0 cm³/mol. The van der Waals surface area contributed by atoms with Crippen molar-refractivity contribution in [2.24, 2.45) is 0 Å². The van der Waals surface area contributed by atoms with Crippen molar-refractivity contribution in [3.05, 3.63) is 35.9 Å². The van der Waals surface area contributed by atoms with Crippen molar-refractivity contribution in [1.82, 2.24) is 0 Å². The lowest BCUT2D eigenvalue weighted by atomic mass is 10.0. The number of ether oxygens (including phenoxy) is 2. The van der Waals surface area contributed by atoms with Crippen LogP contribution >= 0.6 is 7.82 Å². The molecule has 0 amide bonds. The number of phosphoric ester groups is 1. The predicted octanol–water partition coefficient (Wildman–Crippen LogP) is 2.37. The fourth-order valence-corrected chi connectivity index (χ4v) is 2.75. The number of phosphoric acid groups is 1. The summed E-state index contributed by atoms with van der Waals surface area (Å²) in [4.78, 5) is 17.6. The van der Waals surface area contributed by atoms with Gasteiger partial charge in [0.05, 0.1) is 12.7 Å². The number of hydrogen-bond acceptors (Lipinski definition) is 4. The zero-order valence-electron chi connectivity index (χ0n) is 12.3. The van der Waals surface area contributed by atoms with E-state index in [1.807, 2.05) is 6.07 Å². The minimum atomic E-state index is -4.65. The normalized spacial score (nSPS) is 29.2. The van der Waals surface area contributed by atoms with Crippen LogP contribution in [0.2, 0.25) is 0 Å². The minimum absolute atomic E-state index is 0.251. The van der Waals surface area contributed by atoms with E-state index in [2.05, 4.69) is 4.52 Å². The second-order valence-corrected chi connectivity index (χ2v) is 6.63. The Morgan fingerprint density at radius 1 is 1.32 bits per heavy atom. The number of alkyl halides is 1. The first-order chi connectivity index (χ1) is 10.3. The first-order valence-corrected chi connectivity index (χ1v) is 8.51. The molecule has 1 heterocycles. The van der Waals surface area contributed by atoms with Gasteiger partial charge in [0, 0.05) is 0 Å². The third kappa shape index (κ3) is 4.59. The van der Waals surface area contributed by atoms with Gasteiger partial charge in [0.2, 0.25) is 0 Å². The monoisotopic (exact) mass is 334 g/mol. The van der Waals surface area contributed by atoms with Crippen LogP contribution < -0.4 is 0 Å². The Balaban J connectivity index is 2.14. The van der Waals surface area contributed by atoms with Gasteiger partial charge in [-0.05, 0) is 19.4 Å². The van der Waals surface area contributed by atoms with E-state index in [4.69, 9.17) is 19.3 Å². The molecule has 8 heteroatoms. The van der Waals surface area contributed by atoms with Crippen molar-refractivity contribution < 1.29 is 32.7 Å². The molecule has 0 aliphatic carbocycles. The molecule has 1 fully saturated rings. The quantitative estimate of drug-likeness (QED) is 0.777. The van der Waals surface area contributed by atoms with Gasteiger partial charge in [0.1, 0.15) is 18.3 Å². The SMILES string of the molecule is CC(C)O[C@H]1[C@@H](F)[C@H](c2ccccc2)O[C@@H]1COP(=O)(O)O. The van der Waals surface area contributed by atoms with Crippen molar-refractivity contribution in [2.45, 2.75) is 44.4 Å². The van der Waals surface area contributed by atoms with Gasteiger partial charge in [-0.25, -0.2) is 8.96 Å². The largest absolute Gasteiger partial charge is 0.469 e. The summed E-state index contributed by atoms with van der Waals surface area (Å²) < 4.78 is 41.1. The van der Waals surface area contributed by atoms with Crippen molar-refractivity contribution >= 4 is 7.82 Å². The summed E-state index contributed by atoms with van der Waals surface area (Å²) in [7, 11) is -4.65. The van der Waals surface area contributed by atoms with E-state index in [-0.39, 0.29) is 6.10 Å². The molecule has 2 N–H and O–H groups in total. The summed E-state index contributed by atoms with van der Waals surface area (Å²) >= 11 is 0. The van der Waals surface area contributed by atoms with Crippen molar-refractivity contribution in [3.8, 4) is 0 Å². The summed E-state index contributed by atoms with van der Waals surface area (Å²) in [6, 6.07) is 8.81. The molecule has 22 heavy (non-hydrogen) atoms. The molecule has 0 saturated carbocycles. The highest BCUT2D eigenvalue weighted by atomic mass is 31.2. The first-order valence-electron chi connectivity index (χ1n) is 6.98. The summed E-state index contributed by atoms with van der Waals surface area (Å²) in [5, 5.41) is 0. The van der Waals surface area contributed by atoms with Crippen LogP contribution in [-0.2, 0) is 18.6 Å². The molecule has 0 radical (unpaired) electrons. The second kappa shape index (κ2) is 7.17. The van der Waals surface area contributed by atoms with Crippen molar-refractivity contribution in [2.75, 3.05) is 6.61 Å². The zero-order chi connectivity index (χ0) is 16.3. The summed E-state index contributed by atoms with van der Waals surface area (Å²) in [6.45, 7) is 3.07. The lowest BCUT2D eigenvalue weighted by molar-refractivity contribution is -0.0693. The van der Waals surface area contributed by atoms with E-state index >= 15 is 0 Å². The summed E-state index contributed by atoms with van der Waals surface area (Å²) in [5.41, 5.74) is 0.644. The molecule has 1 saturated heterocycles. The van der Waals surface area contributed by atoms with Crippen LogP contribution in [0, 0.1) is 0 Å². The molecule has 4 atom stereocenters. The molecule has 0 aromatic heterocycles. The number of hydrogen-bond donors (Lipinski definition) is 2. The van der Waals surface area contributed by atoms with Crippen molar-refractivity contribution in [3.63, 3.8) is 0 Å². The van der Waals surface area contributed by atoms with Gasteiger partial charge >= 0.3 is 7.82 Å². The average Bonchev–Trinajstić information content (AvgIpc) is 2.74. The molecule has 0 bridgehead atoms. The van der Waals surface area contributed by atoms with Gasteiger partial charge < -0.3 is 19.3 Å². The first kappa shape index (κ1) is 17.5. The van der Waals surface area contributed by atoms with Crippen LogP contribution in [0.4, 0.5) is 4.39 Å². The standard InChI is InChI=1S/C14H20FO6P/c1-9(2)20-14-11(8-19-22(16,17)18)21-13(12(14)15)10-6-4-3-5-7-10/h3-7,9,11-14H,8H2,1-2H3,(H2,16,17,18)/t11-,12+,13+,14-/m1/s1. The van der Waals surface area contributed by atoms with Gasteiger partial charge in [-0.2, -0.15) is 0 Å². The van der Waals surface area contributed by atoms with E-state index in [9.17, 15) is 8.96 Å². The van der Waals surface area contributed by atoms with E-state index in [0.29, 0.717) is 5.56 Å². The Bertz CT molecular complexity index is 519. The molecule has 1 aromatic rings. The number of rotatable bonds is 6. The maximum Gasteiger partial charge on any atom is 0.469 e. The fraction of sp³-hybridized carbons (Fsp3) is 0.571. The maximum atomic E-state index is 14.7. The molecule has 0 spiro atoms. The Labute approximate surface area is 128 Å². The van der Waals surface area contributed by atoms with E-state index in [1.54, 1.807) is 38.1 Å². The Hall–Kier alpha value is -0.820. The van der Waals surface area contributed by atoms with Gasteiger partial charge in [-0.15, -0.1) is 0 Å². The molecule has 6 nitrogen and oxygen atoms in total. The van der Waals surface area contributed by atoms with Crippen molar-refractivity contribution in [1.29, 1.82) is 0 Å². The van der Waals surface area contributed by atoms with Crippen LogP contribution in [0.3, 0.4) is 0 Å². The van der Waals surface area contributed by atoms with Gasteiger partial charge in [0.15, 0.2) is 6.17 Å². The smallest absolute Gasteiger partial charge is 0.370 e. The molecule has 1 aromatic carbocycles. The Kier molecular flexibility index (Phi) is 5.71. The van der Waals surface area contributed by atoms with Gasteiger partial charge in [-0.3, -0.25) is 4.52 Å². The molecule has 0 unspecified atom stereocenters. The van der Waals surface area contributed by atoms with Crippen LogP contribution in [-0.4, -0.2) is 40.9 Å². The van der Waals surface area contributed by atoms with Gasteiger partial charge in [0.25, 0.3) is 0 Å². The third-order valence-corrected chi connectivity index (χ3v) is 3.74. The highest BCUT2D eigenvalue weighted by Gasteiger charge is 2.47. The minimum Gasteiger partial charge on any atom is -0.370 e. The zero-order valence-corrected chi connectivity index (χ0v) is 13.2. The second-order valence-electron chi connectivity index (χ2n) is 5.39. The fourth-order valence-electron chi connectivity index (χ4n) is 2.40. The van der Waals surface area contributed by atoms with Gasteiger partial charge in [-0.1, -0.05) is 30.3 Å². The molecule has 1 aliphatic heterocycles. The van der Waals surface area contributed by atoms with E-state index in [0.717, 1.165) is 0 Å². The van der Waals surface area contributed by atoms with E-state index in [1.165, 1.54) is 0 Å². The van der Waals surface area contributed by atoms with Crippen LogP contribution in [0.25, 0.3) is 0 Å². The lowest BCUT2D eigenvalue weighted by Gasteiger charge is -2.22. The lowest BCUT2D eigenvalue weighted by Crippen LogP contribution is -2.36. The highest BCUT2D eigenvalue weighted by molar-refractivity contribution is 7.46. The molecular formula is C14H20FO6P. The molecule has 2 rings (SSSR count). The molecular weight excluding hydrogens is 314 g/mol. The maximum absolute atomic E-state index is 14.7. The Morgan fingerprint density at radius 3 is 2.50 bits per heavy atom. The summed E-state index contributed by atoms with van der Waals surface area (Å²) in [6.07, 6.45) is -4.39. The highest BCUT2D eigenvalue weighted by Crippen LogP contribution is 2.41. The third-order valence-electron chi connectivity index (χ3n) is 3.26. The van der Waals surface area contributed by atoms with Crippen LogP contribution in [0.1, 0.15) is 25.5 Å². The molecule has 124 valence electrons. The number of benzene rings is 1. The summed E-state index contributed by atoms with van der Waals surface area (Å²) in [5.74, 6) is 0.